The first kappa shape index (κ1) is 19.7. The third-order valence-corrected chi connectivity index (χ3v) is 4.69. The Morgan fingerprint density at radius 3 is 2.15 bits per heavy atom. The minimum Gasteiger partial charge on any atom is -0.314 e. The van der Waals surface area contributed by atoms with Crippen LogP contribution in [0.3, 0.4) is 0 Å². The van der Waals surface area contributed by atoms with Gasteiger partial charge in [0, 0.05) is 6.04 Å². The maximum atomic E-state index is 3.56. The highest BCUT2D eigenvalue weighted by Crippen LogP contribution is 2.27. The fourth-order valence-corrected chi connectivity index (χ4v) is 1.99. The number of hydrogen-bond donors (Lipinski definition) is 1. The summed E-state index contributed by atoms with van der Waals surface area (Å²) in [4.78, 5) is 0. The Balaban J connectivity index is 3.39. The average Bonchev–Trinajstić information content (AvgIpc) is 2.40. The molecule has 1 nitrogen and oxygen atoms in total. The number of hydrogen-bond acceptors (Lipinski definition) is 1. The van der Waals surface area contributed by atoms with Gasteiger partial charge in [-0.25, -0.2) is 0 Å². The SMILES string of the molecule is CCC(C)NCCCCCCC/C=C/C(C)(C)C(C)C. The van der Waals surface area contributed by atoms with E-state index in [1.807, 2.05) is 0 Å². The van der Waals surface area contributed by atoms with Crippen molar-refractivity contribution in [3.63, 3.8) is 0 Å². The minimum absolute atomic E-state index is 0.349. The maximum Gasteiger partial charge on any atom is 0.00360 e. The van der Waals surface area contributed by atoms with Crippen molar-refractivity contribution in [2.24, 2.45) is 11.3 Å². The maximum absolute atomic E-state index is 3.56. The summed E-state index contributed by atoms with van der Waals surface area (Å²) in [7, 11) is 0. The van der Waals surface area contributed by atoms with Gasteiger partial charge in [-0.15, -0.1) is 0 Å². The highest BCUT2D eigenvalue weighted by molar-refractivity contribution is 4.96. The average molecular weight is 282 g/mol. The second-order valence-electron chi connectivity index (χ2n) is 7.20. The van der Waals surface area contributed by atoms with Crippen LogP contribution in [0.25, 0.3) is 0 Å². The van der Waals surface area contributed by atoms with Gasteiger partial charge in [0.2, 0.25) is 0 Å². The molecule has 0 aliphatic heterocycles. The topological polar surface area (TPSA) is 12.0 Å². The van der Waals surface area contributed by atoms with Crippen molar-refractivity contribution in [2.45, 2.75) is 92.5 Å². The summed E-state index contributed by atoms with van der Waals surface area (Å²) in [5.74, 6) is 0.719. The normalized spacial score (nSPS) is 14.3. The molecule has 0 radical (unpaired) electrons. The summed E-state index contributed by atoms with van der Waals surface area (Å²) < 4.78 is 0. The van der Waals surface area contributed by atoms with Gasteiger partial charge >= 0.3 is 0 Å². The molecule has 0 aromatic heterocycles. The number of unbranched alkanes of at least 4 members (excludes halogenated alkanes) is 5. The molecule has 0 heterocycles. The molecule has 0 aliphatic rings. The van der Waals surface area contributed by atoms with Crippen LogP contribution >= 0.6 is 0 Å². The quantitative estimate of drug-likeness (QED) is 0.344. The van der Waals surface area contributed by atoms with E-state index in [-0.39, 0.29) is 0 Å². The van der Waals surface area contributed by atoms with Crippen molar-refractivity contribution < 1.29 is 0 Å². The van der Waals surface area contributed by atoms with E-state index in [4.69, 9.17) is 0 Å². The van der Waals surface area contributed by atoms with E-state index in [0.29, 0.717) is 11.5 Å². The van der Waals surface area contributed by atoms with Crippen LogP contribution in [0.15, 0.2) is 12.2 Å². The highest BCUT2D eigenvalue weighted by Gasteiger charge is 2.17. The summed E-state index contributed by atoms with van der Waals surface area (Å²) in [6, 6.07) is 0.685. The molecule has 1 heteroatoms. The lowest BCUT2D eigenvalue weighted by molar-refractivity contribution is 0.332. The Kier molecular flexibility index (Phi) is 11.2. The monoisotopic (exact) mass is 281 g/mol. The zero-order valence-electron chi connectivity index (χ0n) is 15.0. The van der Waals surface area contributed by atoms with Crippen LogP contribution in [0.5, 0.6) is 0 Å². The molecule has 1 N–H and O–H groups in total. The fourth-order valence-electron chi connectivity index (χ4n) is 1.99. The molecule has 0 aliphatic carbocycles. The Morgan fingerprint density at radius 2 is 1.55 bits per heavy atom. The first-order chi connectivity index (χ1) is 9.40. The van der Waals surface area contributed by atoms with Gasteiger partial charge in [0.1, 0.15) is 0 Å². The van der Waals surface area contributed by atoms with Crippen molar-refractivity contribution in [3.05, 3.63) is 12.2 Å². The Bertz CT molecular complexity index is 240. The second kappa shape index (κ2) is 11.4. The van der Waals surface area contributed by atoms with Crippen molar-refractivity contribution in [1.29, 1.82) is 0 Å². The zero-order chi connectivity index (χ0) is 15.4. The first-order valence-corrected chi connectivity index (χ1v) is 8.81. The van der Waals surface area contributed by atoms with E-state index in [2.05, 4.69) is 59.0 Å². The lowest BCUT2D eigenvalue weighted by Crippen LogP contribution is -2.25. The highest BCUT2D eigenvalue weighted by atomic mass is 14.9. The van der Waals surface area contributed by atoms with Gasteiger partial charge in [-0.05, 0) is 50.5 Å². The molecule has 0 amide bonds. The number of rotatable bonds is 12. The lowest BCUT2D eigenvalue weighted by atomic mass is 9.81. The molecule has 0 aromatic rings. The first-order valence-electron chi connectivity index (χ1n) is 8.81. The van der Waals surface area contributed by atoms with E-state index in [0.717, 1.165) is 5.92 Å². The van der Waals surface area contributed by atoms with Crippen LogP contribution in [-0.2, 0) is 0 Å². The molecule has 1 unspecified atom stereocenters. The molecule has 0 saturated carbocycles. The molecule has 0 aromatic carbocycles. The minimum atomic E-state index is 0.349. The number of nitrogens with one attached hydrogen (secondary N) is 1. The fraction of sp³-hybridized carbons (Fsp3) is 0.895. The largest absolute Gasteiger partial charge is 0.314 e. The smallest absolute Gasteiger partial charge is 0.00360 e. The Labute approximate surface area is 128 Å². The van der Waals surface area contributed by atoms with Gasteiger partial charge in [-0.2, -0.15) is 0 Å². The molecule has 0 spiro atoms. The van der Waals surface area contributed by atoms with Gasteiger partial charge in [-0.3, -0.25) is 0 Å². The number of allylic oxidation sites excluding steroid dienone is 2. The summed E-state index contributed by atoms with van der Waals surface area (Å²) in [5.41, 5.74) is 0.349. The predicted octanol–water partition coefficient (Wildman–Crippen LogP) is 5.95. The van der Waals surface area contributed by atoms with E-state index >= 15 is 0 Å². The summed E-state index contributed by atoms with van der Waals surface area (Å²) >= 11 is 0. The molecule has 1 atom stereocenters. The van der Waals surface area contributed by atoms with Crippen LogP contribution in [0.4, 0.5) is 0 Å². The molecule has 0 bridgehead atoms. The molecular weight excluding hydrogens is 242 g/mol. The van der Waals surface area contributed by atoms with Gasteiger partial charge < -0.3 is 5.32 Å². The van der Waals surface area contributed by atoms with E-state index in [9.17, 15) is 0 Å². The summed E-state index contributed by atoms with van der Waals surface area (Å²) in [5, 5.41) is 3.56. The van der Waals surface area contributed by atoms with Crippen LogP contribution in [0.2, 0.25) is 0 Å². The van der Waals surface area contributed by atoms with Gasteiger partial charge in [0.15, 0.2) is 0 Å². The van der Waals surface area contributed by atoms with E-state index < -0.39 is 0 Å². The summed E-state index contributed by atoms with van der Waals surface area (Å²) in [6.07, 6.45) is 14.1. The second-order valence-corrected chi connectivity index (χ2v) is 7.20. The summed E-state index contributed by atoms with van der Waals surface area (Å²) in [6.45, 7) is 15.0. The molecule has 20 heavy (non-hydrogen) atoms. The zero-order valence-corrected chi connectivity index (χ0v) is 15.0. The van der Waals surface area contributed by atoms with Crippen LogP contribution < -0.4 is 5.32 Å². The molecule has 0 saturated heterocycles. The van der Waals surface area contributed by atoms with Gasteiger partial charge in [0.05, 0.1) is 0 Å². The van der Waals surface area contributed by atoms with Crippen molar-refractivity contribution in [1.82, 2.24) is 5.32 Å². The lowest BCUT2D eigenvalue weighted by Gasteiger charge is -2.25. The van der Waals surface area contributed by atoms with E-state index in [1.54, 1.807) is 0 Å². The van der Waals surface area contributed by atoms with Crippen molar-refractivity contribution >= 4 is 0 Å². The van der Waals surface area contributed by atoms with Crippen LogP contribution in [0, 0.1) is 11.3 Å². The van der Waals surface area contributed by atoms with Gasteiger partial charge in [-0.1, -0.05) is 66.0 Å². The van der Waals surface area contributed by atoms with Crippen molar-refractivity contribution in [3.8, 4) is 0 Å². The molecule has 120 valence electrons. The van der Waals surface area contributed by atoms with Crippen LogP contribution in [-0.4, -0.2) is 12.6 Å². The standard InChI is InChI=1S/C19H39N/c1-7-18(4)20-16-14-12-10-8-9-11-13-15-19(5,6)17(2)3/h13,15,17-18,20H,7-12,14,16H2,1-6H3/b15-13+. The molecule has 0 rings (SSSR count). The molecule has 0 fully saturated rings. The Morgan fingerprint density at radius 1 is 0.950 bits per heavy atom. The van der Waals surface area contributed by atoms with Crippen LogP contribution in [0.1, 0.15) is 86.5 Å². The van der Waals surface area contributed by atoms with E-state index in [1.165, 1.54) is 51.5 Å². The van der Waals surface area contributed by atoms with Crippen molar-refractivity contribution in [2.75, 3.05) is 6.54 Å². The Hall–Kier alpha value is -0.300. The third-order valence-electron chi connectivity index (χ3n) is 4.69. The third kappa shape index (κ3) is 10.5. The van der Waals surface area contributed by atoms with Gasteiger partial charge in [0.25, 0.3) is 0 Å². The predicted molar refractivity (Wildman–Crippen MR) is 93.2 cm³/mol. The molecular formula is C19H39N.